The van der Waals surface area contributed by atoms with Crippen LogP contribution in [-0.2, 0) is 10.8 Å². The summed E-state index contributed by atoms with van der Waals surface area (Å²) in [6.07, 6.45) is 0. The summed E-state index contributed by atoms with van der Waals surface area (Å²) in [6, 6.07) is 5.94. The van der Waals surface area contributed by atoms with Crippen molar-refractivity contribution in [1.29, 1.82) is 0 Å². The van der Waals surface area contributed by atoms with E-state index in [0.717, 1.165) is 27.5 Å². The smallest absolute Gasteiger partial charge is 0.124 e. The second kappa shape index (κ2) is 4.66. The highest BCUT2D eigenvalue weighted by Gasteiger charge is 2.23. The number of hydrogen-bond donors (Lipinski definition) is 2. The van der Waals surface area contributed by atoms with Crippen LogP contribution in [0.25, 0.3) is 10.8 Å². The van der Waals surface area contributed by atoms with E-state index in [1.807, 2.05) is 19.1 Å². The molecule has 0 unspecified atom stereocenters. The van der Waals surface area contributed by atoms with Gasteiger partial charge in [0.2, 0.25) is 0 Å². The highest BCUT2D eigenvalue weighted by Crippen LogP contribution is 2.42. The summed E-state index contributed by atoms with van der Waals surface area (Å²) in [5.41, 5.74) is 2.58. The fourth-order valence-corrected chi connectivity index (χ4v) is 2.72. The number of fused-ring (bicyclic) bond motifs is 1. The van der Waals surface area contributed by atoms with E-state index in [4.69, 9.17) is 0 Å². The molecule has 0 aromatic heterocycles. The maximum Gasteiger partial charge on any atom is 0.124 e. The van der Waals surface area contributed by atoms with Crippen molar-refractivity contribution in [3.05, 3.63) is 34.9 Å². The molecule has 0 fully saturated rings. The zero-order valence-corrected chi connectivity index (χ0v) is 14.1. The SMILES string of the molecule is Cc1c(O)c(C(C)(C)C)cc2cc(C(C)(C)C)cc(O)c12. The molecule has 0 bridgehead atoms. The minimum absolute atomic E-state index is 0.0284. The van der Waals surface area contributed by atoms with Gasteiger partial charge in [0.25, 0.3) is 0 Å². The molecule has 2 N–H and O–H groups in total. The second-order valence-electron chi connectivity index (χ2n) is 7.99. The topological polar surface area (TPSA) is 40.5 Å². The Morgan fingerprint density at radius 3 is 1.86 bits per heavy atom. The van der Waals surface area contributed by atoms with Gasteiger partial charge in [0.05, 0.1) is 0 Å². The molecule has 2 heteroatoms. The van der Waals surface area contributed by atoms with Gasteiger partial charge in [-0.2, -0.15) is 0 Å². The maximum atomic E-state index is 10.5. The molecule has 2 rings (SSSR count). The molecular formula is C19H26O2. The van der Waals surface area contributed by atoms with Gasteiger partial charge >= 0.3 is 0 Å². The first-order chi connectivity index (χ1) is 9.43. The summed E-state index contributed by atoms with van der Waals surface area (Å²) in [7, 11) is 0. The van der Waals surface area contributed by atoms with Crippen molar-refractivity contribution >= 4 is 10.8 Å². The van der Waals surface area contributed by atoms with E-state index in [1.165, 1.54) is 0 Å². The van der Waals surface area contributed by atoms with Crippen LogP contribution in [0, 0.1) is 6.92 Å². The van der Waals surface area contributed by atoms with Crippen molar-refractivity contribution in [1.82, 2.24) is 0 Å². The molecule has 0 saturated carbocycles. The fourth-order valence-electron chi connectivity index (χ4n) is 2.72. The van der Waals surface area contributed by atoms with Crippen molar-refractivity contribution in [3.8, 4) is 11.5 Å². The molecule has 0 radical (unpaired) electrons. The Morgan fingerprint density at radius 1 is 0.810 bits per heavy atom. The Bertz CT molecular complexity index is 698. The molecule has 0 spiro atoms. The van der Waals surface area contributed by atoms with E-state index in [9.17, 15) is 10.2 Å². The van der Waals surface area contributed by atoms with E-state index in [-0.39, 0.29) is 22.3 Å². The van der Waals surface area contributed by atoms with Gasteiger partial charge in [0.1, 0.15) is 11.5 Å². The predicted molar refractivity (Wildman–Crippen MR) is 89.4 cm³/mol. The normalized spacial score (nSPS) is 12.9. The lowest BCUT2D eigenvalue weighted by atomic mass is 9.81. The molecule has 0 atom stereocenters. The van der Waals surface area contributed by atoms with Gasteiger partial charge in [0, 0.05) is 16.5 Å². The van der Waals surface area contributed by atoms with Gasteiger partial charge in [-0.3, -0.25) is 0 Å². The third-order valence-electron chi connectivity index (χ3n) is 4.11. The number of benzene rings is 2. The molecule has 114 valence electrons. The lowest BCUT2D eigenvalue weighted by Crippen LogP contribution is -2.13. The molecule has 0 aliphatic rings. The zero-order valence-electron chi connectivity index (χ0n) is 14.1. The van der Waals surface area contributed by atoms with Gasteiger partial charge in [-0.1, -0.05) is 47.6 Å². The van der Waals surface area contributed by atoms with Gasteiger partial charge in [-0.05, 0) is 40.8 Å². The van der Waals surface area contributed by atoms with Crippen molar-refractivity contribution in [3.63, 3.8) is 0 Å². The van der Waals surface area contributed by atoms with Crippen LogP contribution in [0.2, 0.25) is 0 Å². The molecule has 0 amide bonds. The summed E-state index contributed by atoms with van der Waals surface area (Å²) < 4.78 is 0. The van der Waals surface area contributed by atoms with Crippen LogP contribution < -0.4 is 0 Å². The molecule has 2 aromatic rings. The van der Waals surface area contributed by atoms with Crippen molar-refractivity contribution in [2.75, 3.05) is 0 Å². The van der Waals surface area contributed by atoms with Gasteiger partial charge in [-0.25, -0.2) is 0 Å². The molecule has 0 aliphatic heterocycles. The molecule has 0 aliphatic carbocycles. The van der Waals surface area contributed by atoms with Crippen LogP contribution in [0.4, 0.5) is 0 Å². The van der Waals surface area contributed by atoms with E-state index in [1.54, 1.807) is 0 Å². The lowest BCUT2D eigenvalue weighted by Gasteiger charge is -2.25. The number of hydrogen-bond acceptors (Lipinski definition) is 2. The molecule has 0 heterocycles. The third kappa shape index (κ3) is 2.72. The molecule has 2 aromatic carbocycles. The quantitative estimate of drug-likeness (QED) is 0.702. The van der Waals surface area contributed by atoms with Gasteiger partial charge in [0.15, 0.2) is 0 Å². The van der Waals surface area contributed by atoms with Gasteiger partial charge < -0.3 is 10.2 Å². The van der Waals surface area contributed by atoms with Crippen LogP contribution in [0.3, 0.4) is 0 Å². The standard InChI is InChI=1S/C19H26O2/c1-11-16-12(9-14(17(11)21)19(5,6)7)8-13(10-15(16)20)18(2,3)4/h8-10,20-21H,1-7H3. The van der Waals surface area contributed by atoms with E-state index >= 15 is 0 Å². The number of phenols is 2. The van der Waals surface area contributed by atoms with Crippen LogP contribution in [0.1, 0.15) is 58.2 Å². The Hall–Kier alpha value is -1.70. The Balaban J connectivity index is 2.89. The minimum atomic E-state index is -0.142. The summed E-state index contributed by atoms with van der Waals surface area (Å²) in [6.45, 7) is 14.5. The molecular weight excluding hydrogens is 260 g/mol. The van der Waals surface area contributed by atoms with Crippen molar-refractivity contribution in [2.45, 2.75) is 59.3 Å². The van der Waals surface area contributed by atoms with Crippen molar-refractivity contribution in [2.24, 2.45) is 0 Å². The van der Waals surface area contributed by atoms with Gasteiger partial charge in [-0.15, -0.1) is 0 Å². The summed E-state index contributed by atoms with van der Waals surface area (Å²) in [4.78, 5) is 0. The Morgan fingerprint density at radius 2 is 1.38 bits per heavy atom. The third-order valence-corrected chi connectivity index (χ3v) is 4.11. The van der Waals surface area contributed by atoms with Crippen LogP contribution >= 0.6 is 0 Å². The Labute approximate surface area is 127 Å². The Kier molecular flexibility index (Phi) is 3.48. The predicted octanol–water partition coefficient (Wildman–Crippen LogP) is 5.15. The number of aryl methyl sites for hydroxylation is 1. The number of rotatable bonds is 0. The average molecular weight is 286 g/mol. The van der Waals surface area contributed by atoms with Crippen LogP contribution in [0.5, 0.6) is 11.5 Å². The monoisotopic (exact) mass is 286 g/mol. The van der Waals surface area contributed by atoms with E-state index in [2.05, 4.69) is 47.6 Å². The number of phenolic OH excluding ortho intramolecular Hbond substituents is 2. The fraction of sp³-hybridized carbons (Fsp3) is 0.474. The zero-order chi connectivity index (χ0) is 16.2. The first kappa shape index (κ1) is 15.7. The summed E-state index contributed by atoms with van der Waals surface area (Å²) in [5.74, 6) is 0.527. The highest BCUT2D eigenvalue weighted by atomic mass is 16.3. The first-order valence-corrected chi connectivity index (χ1v) is 7.43. The minimum Gasteiger partial charge on any atom is -0.507 e. The van der Waals surface area contributed by atoms with Crippen LogP contribution in [0.15, 0.2) is 18.2 Å². The average Bonchev–Trinajstić information content (AvgIpc) is 2.30. The molecule has 2 nitrogen and oxygen atoms in total. The molecule has 0 saturated heterocycles. The summed E-state index contributed by atoms with van der Waals surface area (Å²) in [5, 5.41) is 22.6. The first-order valence-electron chi connectivity index (χ1n) is 7.43. The van der Waals surface area contributed by atoms with Crippen molar-refractivity contribution < 1.29 is 10.2 Å². The maximum absolute atomic E-state index is 10.5. The lowest BCUT2D eigenvalue weighted by molar-refractivity contribution is 0.442. The highest BCUT2D eigenvalue weighted by molar-refractivity contribution is 5.94. The van der Waals surface area contributed by atoms with Crippen LogP contribution in [-0.4, -0.2) is 10.2 Å². The second-order valence-corrected chi connectivity index (χ2v) is 7.99. The summed E-state index contributed by atoms with van der Waals surface area (Å²) >= 11 is 0. The van der Waals surface area contributed by atoms with E-state index in [0.29, 0.717) is 0 Å². The molecule has 21 heavy (non-hydrogen) atoms. The number of aromatic hydroxyl groups is 2. The van der Waals surface area contributed by atoms with E-state index < -0.39 is 0 Å². The largest absolute Gasteiger partial charge is 0.507 e.